The lowest BCUT2D eigenvalue weighted by molar-refractivity contribution is 0.0674. The Morgan fingerprint density at radius 1 is 1.59 bits per heavy atom. The van der Waals surface area contributed by atoms with Crippen LogP contribution in [0.25, 0.3) is 0 Å². The Balaban J connectivity index is 1.90. The van der Waals surface area contributed by atoms with E-state index in [1.54, 1.807) is 11.3 Å². The van der Waals surface area contributed by atoms with Crippen LogP contribution in [0.2, 0.25) is 0 Å². The molecule has 0 atom stereocenters. The summed E-state index contributed by atoms with van der Waals surface area (Å²) in [4.78, 5) is 12.0. The fourth-order valence-corrected chi connectivity index (χ4v) is 2.41. The largest absolute Gasteiger partial charge is 0.378 e. The molecule has 2 heterocycles. The molecular weight excluding hydrogens is 236 g/mol. The Labute approximate surface area is 105 Å². The molecule has 94 valence electrons. The van der Waals surface area contributed by atoms with Gasteiger partial charge in [-0.2, -0.15) is 0 Å². The second kappa shape index (κ2) is 5.97. The van der Waals surface area contributed by atoms with E-state index >= 15 is 0 Å². The first-order valence-corrected chi connectivity index (χ1v) is 6.67. The smallest absolute Gasteiger partial charge is 0.191 e. The Morgan fingerprint density at radius 3 is 3.00 bits per heavy atom. The second-order valence-corrected chi connectivity index (χ2v) is 5.05. The number of thiazole rings is 1. The van der Waals surface area contributed by atoms with E-state index in [4.69, 9.17) is 10.5 Å². The lowest BCUT2D eigenvalue weighted by Gasteiger charge is -2.27. The average Bonchev–Trinajstić information content (AvgIpc) is 2.85. The lowest BCUT2D eigenvalue weighted by atomic mass is 10.4. The molecule has 0 radical (unpaired) electrons. The number of aromatic nitrogens is 1. The summed E-state index contributed by atoms with van der Waals surface area (Å²) in [6.07, 6.45) is 2.95. The van der Waals surface area contributed by atoms with Crippen LogP contribution in [-0.2, 0) is 17.7 Å². The Hall–Kier alpha value is -1.14. The van der Waals surface area contributed by atoms with Crippen molar-refractivity contribution in [3.05, 3.63) is 16.1 Å². The van der Waals surface area contributed by atoms with Gasteiger partial charge in [-0.1, -0.05) is 6.92 Å². The molecule has 1 saturated heterocycles. The van der Waals surface area contributed by atoms with Gasteiger partial charge in [-0.15, -0.1) is 11.3 Å². The molecule has 0 saturated carbocycles. The van der Waals surface area contributed by atoms with Crippen molar-refractivity contribution in [1.82, 2.24) is 9.88 Å². The first kappa shape index (κ1) is 12.3. The average molecular weight is 254 g/mol. The molecule has 0 aliphatic carbocycles. The third-order valence-corrected chi connectivity index (χ3v) is 3.79. The van der Waals surface area contributed by atoms with E-state index in [0.717, 1.165) is 37.7 Å². The Kier molecular flexibility index (Phi) is 4.33. The molecule has 5 nitrogen and oxygen atoms in total. The number of aliphatic imine (C=N–C) groups is 1. The maximum atomic E-state index is 5.93. The van der Waals surface area contributed by atoms with Gasteiger partial charge in [0.2, 0.25) is 0 Å². The van der Waals surface area contributed by atoms with Gasteiger partial charge in [-0.25, -0.2) is 9.98 Å². The number of nitrogens with zero attached hydrogens (tertiary/aromatic N) is 3. The number of rotatable bonds is 3. The summed E-state index contributed by atoms with van der Waals surface area (Å²) in [6, 6.07) is 0. The van der Waals surface area contributed by atoms with Gasteiger partial charge in [-0.05, 0) is 6.42 Å². The summed E-state index contributed by atoms with van der Waals surface area (Å²) >= 11 is 1.70. The minimum atomic E-state index is 0.577. The van der Waals surface area contributed by atoms with Gasteiger partial charge in [0, 0.05) is 24.2 Å². The third kappa shape index (κ3) is 3.41. The number of aryl methyl sites for hydroxylation is 1. The van der Waals surface area contributed by atoms with Crippen LogP contribution >= 0.6 is 11.3 Å². The molecule has 0 aromatic carbocycles. The first-order chi connectivity index (χ1) is 8.29. The molecule has 1 aliphatic heterocycles. The number of ether oxygens (including phenoxy) is 1. The van der Waals surface area contributed by atoms with Gasteiger partial charge in [0.1, 0.15) is 5.01 Å². The summed E-state index contributed by atoms with van der Waals surface area (Å²) in [6.45, 7) is 5.82. The minimum absolute atomic E-state index is 0.577. The van der Waals surface area contributed by atoms with Crippen molar-refractivity contribution in [1.29, 1.82) is 0 Å². The maximum absolute atomic E-state index is 5.93. The highest BCUT2D eigenvalue weighted by Crippen LogP contribution is 2.14. The molecule has 1 aromatic rings. The molecule has 1 fully saturated rings. The number of guanidine groups is 1. The Morgan fingerprint density at radius 2 is 2.35 bits per heavy atom. The van der Waals surface area contributed by atoms with E-state index in [2.05, 4.69) is 21.8 Å². The molecule has 0 bridgehead atoms. The van der Waals surface area contributed by atoms with E-state index in [9.17, 15) is 0 Å². The van der Waals surface area contributed by atoms with Crippen molar-refractivity contribution >= 4 is 17.3 Å². The standard InChI is InChI=1S/C11H18N4OS/c1-2-9-7-13-10(17-9)8-14-11(12)15-3-5-16-6-4-15/h7H,2-6,8H2,1H3,(H2,12,14). The number of morpholine rings is 1. The van der Waals surface area contributed by atoms with Crippen LogP contribution in [0.3, 0.4) is 0 Å². The van der Waals surface area contributed by atoms with Gasteiger partial charge in [0.05, 0.1) is 19.8 Å². The molecule has 17 heavy (non-hydrogen) atoms. The number of nitrogens with two attached hydrogens (primary N) is 1. The van der Waals surface area contributed by atoms with Crippen LogP contribution in [0.15, 0.2) is 11.2 Å². The molecule has 2 N–H and O–H groups in total. The summed E-state index contributed by atoms with van der Waals surface area (Å²) < 4.78 is 5.27. The topological polar surface area (TPSA) is 63.7 Å². The number of hydrogen-bond donors (Lipinski definition) is 1. The molecule has 0 spiro atoms. The van der Waals surface area contributed by atoms with Crippen molar-refractivity contribution < 1.29 is 4.74 Å². The zero-order valence-electron chi connectivity index (χ0n) is 10.1. The van der Waals surface area contributed by atoms with Crippen LogP contribution in [0, 0.1) is 0 Å². The van der Waals surface area contributed by atoms with Crippen molar-refractivity contribution in [2.75, 3.05) is 26.3 Å². The van der Waals surface area contributed by atoms with Crippen LogP contribution in [0.5, 0.6) is 0 Å². The monoisotopic (exact) mass is 254 g/mol. The fraction of sp³-hybridized carbons (Fsp3) is 0.636. The molecule has 1 aromatic heterocycles. The summed E-state index contributed by atoms with van der Waals surface area (Å²) in [5.74, 6) is 0.599. The van der Waals surface area contributed by atoms with Crippen LogP contribution in [-0.4, -0.2) is 42.1 Å². The van der Waals surface area contributed by atoms with E-state index in [1.807, 2.05) is 6.20 Å². The SMILES string of the molecule is CCc1cnc(CN=C(N)N2CCOCC2)s1. The van der Waals surface area contributed by atoms with Gasteiger partial charge in [0.25, 0.3) is 0 Å². The molecule has 2 rings (SSSR count). The van der Waals surface area contributed by atoms with E-state index < -0.39 is 0 Å². The molecule has 0 amide bonds. The van der Waals surface area contributed by atoms with E-state index in [0.29, 0.717) is 12.5 Å². The maximum Gasteiger partial charge on any atom is 0.191 e. The van der Waals surface area contributed by atoms with Crippen molar-refractivity contribution in [2.24, 2.45) is 10.7 Å². The highest BCUT2D eigenvalue weighted by molar-refractivity contribution is 7.11. The van der Waals surface area contributed by atoms with Crippen molar-refractivity contribution in [2.45, 2.75) is 19.9 Å². The van der Waals surface area contributed by atoms with Gasteiger partial charge in [-0.3, -0.25) is 0 Å². The lowest BCUT2D eigenvalue weighted by Crippen LogP contribution is -2.44. The normalized spacial score (nSPS) is 17.5. The predicted octanol–water partition coefficient (Wildman–Crippen LogP) is 0.852. The fourth-order valence-electron chi connectivity index (χ4n) is 1.63. The zero-order chi connectivity index (χ0) is 12.1. The predicted molar refractivity (Wildman–Crippen MR) is 69.2 cm³/mol. The molecular formula is C11H18N4OS. The van der Waals surface area contributed by atoms with Gasteiger partial charge in [0.15, 0.2) is 5.96 Å². The second-order valence-electron chi connectivity index (χ2n) is 3.85. The Bertz CT molecular complexity index is 385. The molecule has 6 heteroatoms. The summed E-state index contributed by atoms with van der Waals surface area (Å²) in [5.41, 5.74) is 5.93. The minimum Gasteiger partial charge on any atom is -0.378 e. The summed E-state index contributed by atoms with van der Waals surface area (Å²) in [7, 11) is 0. The summed E-state index contributed by atoms with van der Waals surface area (Å²) in [5, 5.41) is 1.03. The highest BCUT2D eigenvalue weighted by atomic mass is 32.1. The zero-order valence-corrected chi connectivity index (χ0v) is 10.9. The van der Waals surface area contributed by atoms with Crippen molar-refractivity contribution in [3.63, 3.8) is 0 Å². The molecule has 1 aliphatic rings. The highest BCUT2D eigenvalue weighted by Gasteiger charge is 2.12. The molecule has 0 unspecified atom stereocenters. The first-order valence-electron chi connectivity index (χ1n) is 5.85. The van der Waals surface area contributed by atoms with Crippen LogP contribution in [0.1, 0.15) is 16.8 Å². The van der Waals surface area contributed by atoms with Crippen molar-refractivity contribution in [3.8, 4) is 0 Å². The van der Waals surface area contributed by atoms with Gasteiger partial charge >= 0.3 is 0 Å². The van der Waals surface area contributed by atoms with Crippen LogP contribution < -0.4 is 5.73 Å². The quantitative estimate of drug-likeness (QED) is 0.641. The van der Waals surface area contributed by atoms with Gasteiger partial charge < -0.3 is 15.4 Å². The van der Waals surface area contributed by atoms with Crippen LogP contribution in [0.4, 0.5) is 0 Å². The number of hydrogen-bond acceptors (Lipinski definition) is 4. The van der Waals surface area contributed by atoms with E-state index in [-0.39, 0.29) is 0 Å². The van der Waals surface area contributed by atoms with E-state index in [1.165, 1.54) is 4.88 Å². The third-order valence-electron chi connectivity index (χ3n) is 2.66.